The van der Waals surface area contributed by atoms with Gasteiger partial charge < -0.3 is 9.15 Å². The van der Waals surface area contributed by atoms with Gasteiger partial charge in [-0.15, -0.1) is 0 Å². The zero-order chi connectivity index (χ0) is 17.4. The molecule has 0 fully saturated rings. The fourth-order valence-corrected chi connectivity index (χ4v) is 3.52. The Morgan fingerprint density at radius 1 is 1.04 bits per heavy atom. The van der Waals surface area contributed by atoms with Crippen LogP contribution < -0.4 is 10.2 Å². The molecule has 2 aromatic carbocycles. The van der Waals surface area contributed by atoms with Gasteiger partial charge in [0.15, 0.2) is 5.43 Å². The van der Waals surface area contributed by atoms with Gasteiger partial charge in [0.05, 0.1) is 10.4 Å². The van der Waals surface area contributed by atoms with Crippen LogP contribution in [0.4, 0.5) is 0 Å². The standard InChI is InChI=1S/C20H16Cl2O3/c21-13-7-5-12(6-8-13)11-24-19-10-18-15(9-16(19)22)20(23)14-3-1-2-4-17(14)25-18/h5-10H,1-4,11H2. The first kappa shape index (κ1) is 16.5. The van der Waals surface area contributed by atoms with Crippen LogP contribution in [0.3, 0.4) is 0 Å². The molecule has 1 heterocycles. The van der Waals surface area contributed by atoms with Crippen molar-refractivity contribution in [3.05, 3.63) is 73.6 Å². The molecule has 0 saturated carbocycles. The molecule has 1 aliphatic carbocycles. The number of benzene rings is 2. The van der Waals surface area contributed by atoms with Crippen molar-refractivity contribution in [2.24, 2.45) is 0 Å². The molecule has 0 spiro atoms. The van der Waals surface area contributed by atoms with Gasteiger partial charge in [0.25, 0.3) is 0 Å². The zero-order valence-corrected chi connectivity index (χ0v) is 15.0. The van der Waals surface area contributed by atoms with Gasteiger partial charge in [-0.05, 0) is 43.0 Å². The monoisotopic (exact) mass is 374 g/mol. The van der Waals surface area contributed by atoms with E-state index in [1.54, 1.807) is 12.1 Å². The average molecular weight is 375 g/mol. The van der Waals surface area contributed by atoms with Crippen molar-refractivity contribution in [3.63, 3.8) is 0 Å². The Morgan fingerprint density at radius 2 is 1.80 bits per heavy atom. The predicted molar refractivity (Wildman–Crippen MR) is 99.9 cm³/mol. The first-order valence-electron chi connectivity index (χ1n) is 8.27. The molecule has 0 unspecified atom stereocenters. The third-order valence-electron chi connectivity index (χ3n) is 4.51. The summed E-state index contributed by atoms with van der Waals surface area (Å²) < 4.78 is 11.8. The van der Waals surface area contributed by atoms with E-state index in [9.17, 15) is 4.79 Å². The number of aryl methyl sites for hydroxylation is 1. The maximum absolute atomic E-state index is 12.7. The quantitative estimate of drug-likeness (QED) is 0.602. The number of rotatable bonds is 3. The summed E-state index contributed by atoms with van der Waals surface area (Å²) in [5, 5.41) is 1.60. The maximum Gasteiger partial charge on any atom is 0.196 e. The van der Waals surface area contributed by atoms with Gasteiger partial charge in [-0.25, -0.2) is 0 Å². The van der Waals surface area contributed by atoms with Crippen LogP contribution in [0.25, 0.3) is 11.0 Å². The number of hydrogen-bond donors (Lipinski definition) is 0. The molecule has 0 radical (unpaired) electrons. The van der Waals surface area contributed by atoms with Crippen molar-refractivity contribution in [1.82, 2.24) is 0 Å². The number of hydrogen-bond acceptors (Lipinski definition) is 3. The first-order chi connectivity index (χ1) is 12.1. The zero-order valence-electron chi connectivity index (χ0n) is 13.5. The Kier molecular flexibility index (Phi) is 4.45. The highest BCUT2D eigenvalue weighted by Gasteiger charge is 2.19. The third-order valence-corrected chi connectivity index (χ3v) is 5.06. The van der Waals surface area contributed by atoms with Crippen LogP contribution in [-0.4, -0.2) is 0 Å². The molecule has 5 heteroatoms. The molecular weight excluding hydrogens is 359 g/mol. The van der Waals surface area contributed by atoms with Gasteiger partial charge in [-0.1, -0.05) is 35.3 Å². The normalized spacial score (nSPS) is 13.7. The van der Waals surface area contributed by atoms with E-state index in [-0.39, 0.29) is 5.43 Å². The molecule has 0 N–H and O–H groups in total. The summed E-state index contributed by atoms with van der Waals surface area (Å²) >= 11 is 12.2. The Labute approximate surface area is 155 Å². The molecule has 0 saturated heterocycles. The van der Waals surface area contributed by atoms with Crippen molar-refractivity contribution >= 4 is 34.2 Å². The van der Waals surface area contributed by atoms with Crippen LogP contribution in [0.2, 0.25) is 10.0 Å². The second-order valence-corrected chi connectivity index (χ2v) is 7.08. The fraction of sp³-hybridized carbons (Fsp3) is 0.250. The van der Waals surface area contributed by atoms with Crippen molar-refractivity contribution < 1.29 is 9.15 Å². The lowest BCUT2D eigenvalue weighted by atomic mass is 9.96. The van der Waals surface area contributed by atoms with E-state index in [0.29, 0.717) is 33.4 Å². The van der Waals surface area contributed by atoms with E-state index in [2.05, 4.69) is 0 Å². The molecule has 25 heavy (non-hydrogen) atoms. The van der Waals surface area contributed by atoms with E-state index in [1.165, 1.54) is 0 Å². The molecule has 128 valence electrons. The van der Waals surface area contributed by atoms with Crippen LogP contribution in [0, 0.1) is 0 Å². The summed E-state index contributed by atoms with van der Waals surface area (Å²) in [5.41, 5.74) is 2.33. The van der Waals surface area contributed by atoms with Gasteiger partial charge >= 0.3 is 0 Å². The Hall–Kier alpha value is -1.97. The topological polar surface area (TPSA) is 39.4 Å². The van der Waals surface area contributed by atoms with Crippen LogP contribution in [0.1, 0.15) is 29.7 Å². The molecule has 4 rings (SSSR count). The lowest BCUT2D eigenvalue weighted by Crippen LogP contribution is -2.16. The Bertz CT molecular complexity index is 990. The second-order valence-electron chi connectivity index (χ2n) is 6.23. The molecule has 0 atom stereocenters. The molecule has 3 nitrogen and oxygen atoms in total. The molecular formula is C20H16Cl2O3. The minimum absolute atomic E-state index is 0.0297. The summed E-state index contributed by atoms with van der Waals surface area (Å²) in [6.07, 6.45) is 3.67. The van der Waals surface area contributed by atoms with Crippen molar-refractivity contribution in [2.45, 2.75) is 32.3 Å². The molecule has 1 aromatic heterocycles. The predicted octanol–water partition coefficient (Wildman–Crippen LogP) is 5.56. The van der Waals surface area contributed by atoms with Crippen LogP contribution in [-0.2, 0) is 19.4 Å². The van der Waals surface area contributed by atoms with Crippen molar-refractivity contribution in [2.75, 3.05) is 0 Å². The molecule has 1 aliphatic rings. The van der Waals surface area contributed by atoms with E-state index in [1.807, 2.05) is 24.3 Å². The first-order valence-corrected chi connectivity index (χ1v) is 9.03. The fourth-order valence-electron chi connectivity index (χ4n) is 3.17. The maximum atomic E-state index is 12.7. The lowest BCUT2D eigenvalue weighted by molar-refractivity contribution is 0.306. The van der Waals surface area contributed by atoms with Crippen LogP contribution in [0.15, 0.2) is 45.6 Å². The second kappa shape index (κ2) is 6.74. The molecule has 0 aliphatic heterocycles. The van der Waals surface area contributed by atoms with Crippen LogP contribution >= 0.6 is 23.2 Å². The highest BCUT2D eigenvalue weighted by molar-refractivity contribution is 6.32. The van der Waals surface area contributed by atoms with Gasteiger partial charge in [0, 0.05) is 23.1 Å². The summed E-state index contributed by atoms with van der Waals surface area (Å²) in [7, 11) is 0. The van der Waals surface area contributed by atoms with Crippen molar-refractivity contribution in [3.8, 4) is 5.75 Å². The Morgan fingerprint density at radius 3 is 2.60 bits per heavy atom. The molecule has 0 amide bonds. The lowest BCUT2D eigenvalue weighted by Gasteiger charge is -2.15. The minimum Gasteiger partial charge on any atom is -0.487 e. The summed E-state index contributed by atoms with van der Waals surface area (Å²) in [6.45, 7) is 0.359. The van der Waals surface area contributed by atoms with Gasteiger partial charge in [-0.2, -0.15) is 0 Å². The number of fused-ring (bicyclic) bond motifs is 2. The smallest absolute Gasteiger partial charge is 0.196 e. The summed E-state index contributed by atoms with van der Waals surface area (Å²) in [6, 6.07) is 10.8. The number of ether oxygens (including phenoxy) is 1. The highest BCUT2D eigenvalue weighted by atomic mass is 35.5. The highest BCUT2D eigenvalue weighted by Crippen LogP contribution is 2.32. The van der Waals surface area contributed by atoms with Crippen LogP contribution in [0.5, 0.6) is 5.75 Å². The Balaban J connectivity index is 1.69. The summed E-state index contributed by atoms with van der Waals surface area (Å²) in [4.78, 5) is 12.7. The molecule has 0 bridgehead atoms. The van der Waals surface area contributed by atoms with E-state index in [0.717, 1.165) is 42.6 Å². The SMILES string of the molecule is O=c1c2c(oc3cc(OCc4ccc(Cl)cc4)c(Cl)cc13)CCCC2. The average Bonchev–Trinajstić information content (AvgIpc) is 2.62. The van der Waals surface area contributed by atoms with E-state index >= 15 is 0 Å². The third kappa shape index (κ3) is 3.26. The van der Waals surface area contributed by atoms with E-state index < -0.39 is 0 Å². The molecule has 3 aromatic rings. The van der Waals surface area contributed by atoms with Crippen molar-refractivity contribution in [1.29, 1.82) is 0 Å². The minimum atomic E-state index is 0.0297. The van der Waals surface area contributed by atoms with Gasteiger partial charge in [-0.3, -0.25) is 4.79 Å². The summed E-state index contributed by atoms with van der Waals surface area (Å²) in [5.74, 6) is 1.30. The van der Waals surface area contributed by atoms with E-state index in [4.69, 9.17) is 32.4 Å². The van der Waals surface area contributed by atoms with Gasteiger partial charge in [0.1, 0.15) is 23.7 Å². The largest absolute Gasteiger partial charge is 0.487 e. The number of halogens is 2. The van der Waals surface area contributed by atoms with Gasteiger partial charge in [0.2, 0.25) is 0 Å².